The van der Waals surface area contributed by atoms with Crippen LogP contribution in [-0.2, 0) is 5.41 Å². The van der Waals surface area contributed by atoms with E-state index in [0.29, 0.717) is 0 Å². The molecule has 0 aromatic heterocycles. The molecule has 0 heterocycles. The Bertz CT molecular complexity index is 475. The summed E-state index contributed by atoms with van der Waals surface area (Å²) < 4.78 is 5.51. The third kappa shape index (κ3) is 2.85. The maximum absolute atomic E-state index is 5.51. The topological polar surface area (TPSA) is 21.3 Å². The lowest BCUT2D eigenvalue weighted by atomic mass is 9.57. The van der Waals surface area contributed by atoms with Crippen LogP contribution in [0.3, 0.4) is 0 Å². The number of methoxy groups -OCH3 is 1. The number of hydrogen-bond donors (Lipinski definition) is 1. The molecule has 1 aromatic carbocycles. The van der Waals surface area contributed by atoms with E-state index < -0.39 is 0 Å². The Morgan fingerprint density at radius 3 is 2.50 bits per heavy atom. The molecule has 2 unspecified atom stereocenters. The lowest BCUT2D eigenvalue weighted by Crippen LogP contribution is -2.53. The van der Waals surface area contributed by atoms with Crippen LogP contribution in [0.25, 0.3) is 0 Å². The van der Waals surface area contributed by atoms with Crippen LogP contribution in [0.15, 0.2) is 18.2 Å². The molecule has 0 bridgehead atoms. The molecule has 1 saturated carbocycles. The highest BCUT2D eigenvalue weighted by atomic mass is 16.5. The molecule has 0 radical (unpaired) electrons. The minimum atomic E-state index is 0.164. The molecular weight excluding hydrogens is 246 g/mol. The van der Waals surface area contributed by atoms with E-state index in [2.05, 4.69) is 58.1 Å². The first-order valence-corrected chi connectivity index (χ1v) is 7.69. The summed E-state index contributed by atoms with van der Waals surface area (Å²) in [4.78, 5) is 0. The molecule has 1 N–H and O–H groups in total. The van der Waals surface area contributed by atoms with Gasteiger partial charge in [0.15, 0.2) is 0 Å². The van der Waals surface area contributed by atoms with Crippen molar-refractivity contribution in [3.05, 3.63) is 29.3 Å². The highest BCUT2D eigenvalue weighted by Gasteiger charge is 2.45. The van der Waals surface area contributed by atoms with Gasteiger partial charge in [0.05, 0.1) is 7.11 Å². The highest BCUT2D eigenvalue weighted by molar-refractivity contribution is 5.41. The van der Waals surface area contributed by atoms with Crippen LogP contribution in [0.1, 0.15) is 51.7 Å². The summed E-state index contributed by atoms with van der Waals surface area (Å²) in [5, 5.41) is 3.70. The Balaban J connectivity index is 2.29. The summed E-state index contributed by atoms with van der Waals surface area (Å²) in [5.74, 6) is 1.74. The van der Waals surface area contributed by atoms with E-state index in [4.69, 9.17) is 4.74 Å². The van der Waals surface area contributed by atoms with E-state index in [-0.39, 0.29) is 11.0 Å². The van der Waals surface area contributed by atoms with Gasteiger partial charge < -0.3 is 10.1 Å². The third-order valence-electron chi connectivity index (χ3n) is 4.88. The van der Waals surface area contributed by atoms with Gasteiger partial charge >= 0.3 is 0 Å². The summed E-state index contributed by atoms with van der Waals surface area (Å²) in [6.07, 6.45) is 2.59. The molecule has 1 aliphatic carbocycles. The van der Waals surface area contributed by atoms with Gasteiger partial charge in [-0.15, -0.1) is 0 Å². The Morgan fingerprint density at radius 1 is 1.35 bits per heavy atom. The molecule has 0 spiro atoms. The minimum Gasteiger partial charge on any atom is -0.496 e. The summed E-state index contributed by atoms with van der Waals surface area (Å²) in [7, 11) is 1.76. The van der Waals surface area contributed by atoms with Crippen LogP contribution in [-0.4, -0.2) is 19.2 Å². The monoisotopic (exact) mass is 275 g/mol. The number of aryl methyl sites for hydroxylation is 1. The first-order valence-electron chi connectivity index (χ1n) is 7.69. The largest absolute Gasteiger partial charge is 0.496 e. The zero-order valence-electron chi connectivity index (χ0n) is 13.8. The summed E-state index contributed by atoms with van der Waals surface area (Å²) >= 11 is 0. The molecule has 112 valence electrons. The molecule has 2 rings (SSSR count). The second kappa shape index (κ2) is 5.40. The molecule has 0 aliphatic heterocycles. The molecule has 20 heavy (non-hydrogen) atoms. The van der Waals surface area contributed by atoms with Crippen molar-refractivity contribution < 1.29 is 4.74 Å². The van der Waals surface area contributed by atoms with Gasteiger partial charge in [-0.1, -0.05) is 19.1 Å². The van der Waals surface area contributed by atoms with Crippen molar-refractivity contribution in [2.75, 3.05) is 13.7 Å². The van der Waals surface area contributed by atoms with Gasteiger partial charge in [-0.25, -0.2) is 0 Å². The Kier molecular flexibility index (Phi) is 4.15. The van der Waals surface area contributed by atoms with Crippen molar-refractivity contribution in [3.8, 4) is 5.75 Å². The van der Waals surface area contributed by atoms with Gasteiger partial charge in [0, 0.05) is 17.5 Å². The third-order valence-corrected chi connectivity index (χ3v) is 4.88. The van der Waals surface area contributed by atoms with Crippen LogP contribution >= 0.6 is 0 Å². The second-order valence-electron chi connectivity index (χ2n) is 7.38. The van der Waals surface area contributed by atoms with Gasteiger partial charge in [-0.3, -0.25) is 0 Å². The molecule has 1 aliphatic rings. The Morgan fingerprint density at radius 2 is 2.05 bits per heavy atom. The normalized spacial score (nSPS) is 26.2. The maximum Gasteiger partial charge on any atom is 0.122 e. The summed E-state index contributed by atoms with van der Waals surface area (Å²) in [6.45, 7) is 12.2. The van der Waals surface area contributed by atoms with Crippen LogP contribution in [0.5, 0.6) is 5.75 Å². The number of rotatable bonds is 4. The van der Waals surface area contributed by atoms with E-state index in [0.717, 1.165) is 18.2 Å². The van der Waals surface area contributed by atoms with Crippen molar-refractivity contribution in [1.29, 1.82) is 0 Å². The molecule has 2 atom stereocenters. The van der Waals surface area contributed by atoms with E-state index in [1.807, 2.05) is 0 Å². The standard InChI is InChI=1S/C18H29NO/c1-13-7-8-15(11-16(13)20-6)18(10-9-14(18)2)12-19-17(3,4)5/h7-8,11,14,19H,9-10,12H2,1-6H3. The van der Waals surface area contributed by atoms with Gasteiger partial charge in [0.25, 0.3) is 0 Å². The van der Waals surface area contributed by atoms with Crippen molar-refractivity contribution in [1.82, 2.24) is 5.32 Å². The molecule has 0 amide bonds. The average molecular weight is 275 g/mol. The molecule has 2 nitrogen and oxygen atoms in total. The van der Waals surface area contributed by atoms with Gasteiger partial charge in [-0.05, 0) is 63.6 Å². The zero-order valence-corrected chi connectivity index (χ0v) is 13.8. The zero-order chi connectivity index (χ0) is 15.0. The van der Waals surface area contributed by atoms with E-state index in [1.54, 1.807) is 7.11 Å². The highest BCUT2D eigenvalue weighted by Crippen LogP contribution is 2.49. The van der Waals surface area contributed by atoms with Crippen LogP contribution in [0, 0.1) is 12.8 Å². The fourth-order valence-corrected chi connectivity index (χ4v) is 3.13. The second-order valence-corrected chi connectivity index (χ2v) is 7.38. The van der Waals surface area contributed by atoms with Crippen molar-refractivity contribution in [2.24, 2.45) is 5.92 Å². The first kappa shape index (κ1) is 15.4. The average Bonchev–Trinajstić information content (AvgIpc) is 2.37. The first-order chi connectivity index (χ1) is 9.28. The lowest BCUT2D eigenvalue weighted by Gasteiger charge is -2.50. The van der Waals surface area contributed by atoms with Crippen molar-refractivity contribution in [3.63, 3.8) is 0 Å². The smallest absolute Gasteiger partial charge is 0.122 e. The van der Waals surface area contributed by atoms with Crippen LogP contribution < -0.4 is 10.1 Å². The maximum atomic E-state index is 5.51. The Labute approximate surface area is 123 Å². The molecule has 0 saturated heterocycles. The summed E-state index contributed by atoms with van der Waals surface area (Å²) in [6, 6.07) is 6.73. The molecule has 1 aromatic rings. The predicted octanol–water partition coefficient (Wildman–Crippen LogP) is 4.06. The van der Waals surface area contributed by atoms with Crippen LogP contribution in [0.4, 0.5) is 0 Å². The van der Waals surface area contributed by atoms with Crippen LogP contribution in [0.2, 0.25) is 0 Å². The van der Waals surface area contributed by atoms with E-state index >= 15 is 0 Å². The van der Waals surface area contributed by atoms with Gasteiger partial charge in [0.1, 0.15) is 5.75 Å². The fourth-order valence-electron chi connectivity index (χ4n) is 3.13. The minimum absolute atomic E-state index is 0.164. The van der Waals surface area contributed by atoms with E-state index in [9.17, 15) is 0 Å². The Hall–Kier alpha value is -1.02. The number of benzene rings is 1. The quantitative estimate of drug-likeness (QED) is 0.894. The predicted molar refractivity (Wildman–Crippen MR) is 85.6 cm³/mol. The van der Waals surface area contributed by atoms with Gasteiger partial charge in [0.2, 0.25) is 0 Å². The van der Waals surface area contributed by atoms with Crippen molar-refractivity contribution >= 4 is 0 Å². The fraction of sp³-hybridized carbons (Fsp3) is 0.667. The number of nitrogens with one attached hydrogen (secondary N) is 1. The number of hydrogen-bond acceptors (Lipinski definition) is 2. The number of ether oxygens (including phenoxy) is 1. The SMILES string of the molecule is COc1cc(C2(CNC(C)(C)C)CCC2C)ccc1C. The lowest BCUT2D eigenvalue weighted by molar-refractivity contribution is 0.123. The molecule has 2 heteroatoms. The summed E-state index contributed by atoms with van der Waals surface area (Å²) in [5.41, 5.74) is 3.07. The van der Waals surface area contributed by atoms with Gasteiger partial charge in [-0.2, -0.15) is 0 Å². The molecule has 1 fully saturated rings. The van der Waals surface area contributed by atoms with E-state index in [1.165, 1.54) is 24.0 Å². The van der Waals surface area contributed by atoms with Crippen molar-refractivity contribution in [2.45, 2.75) is 58.4 Å². The molecular formula is C18H29NO.